The van der Waals surface area contributed by atoms with E-state index < -0.39 is 36.8 Å². The first kappa shape index (κ1) is 24.3. The lowest BCUT2D eigenvalue weighted by Crippen LogP contribution is -2.39. The molecule has 0 aliphatic heterocycles. The second-order valence-corrected chi connectivity index (χ2v) is 7.62. The average molecular weight is 487 g/mol. The van der Waals surface area contributed by atoms with E-state index in [-0.39, 0.29) is 32.3 Å². The number of hydrogen-bond donors (Lipinski definition) is 6. The Bertz CT molecular complexity index is 1010. The lowest BCUT2D eigenvalue weighted by atomic mass is 10.0. The number of nitrogens with one attached hydrogen (secondary N) is 4. The summed E-state index contributed by atoms with van der Waals surface area (Å²) in [5.74, 6) is -2.70. The molecule has 1 unspecified atom stereocenters. The van der Waals surface area contributed by atoms with Crippen molar-refractivity contribution in [3.8, 4) is 0 Å². The highest BCUT2D eigenvalue weighted by molar-refractivity contribution is 6.35. The van der Waals surface area contributed by atoms with E-state index in [1.54, 1.807) is 0 Å². The zero-order valence-electron chi connectivity index (χ0n) is 15.8. The maximum atomic E-state index is 12.3. The molecule has 7 N–H and O–H groups in total. The molecule has 0 aliphatic carbocycles. The third-order valence-electron chi connectivity index (χ3n) is 3.91. The number of carboxylic acids is 1. The standard InChI is InChI=1S/C19H18Cl3N5O4/c20-11-3-10(4-12(21)6-11)14(7-17(29)30)26-16(28)8-25-18(31)9-1-2-13(22)15(5-9)27-19(23)24/h1-6,14H,7-8H2,(H,25,31)(H,26,28)(H,29,30)(H4,23,24,27). The molecule has 2 aromatic carbocycles. The average Bonchev–Trinajstić information content (AvgIpc) is 2.66. The molecular formula is C19H18Cl3N5O4. The molecule has 164 valence electrons. The summed E-state index contributed by atoms with van der Waals surface area (Å²) in [7, 11) is 0. The van der Waals surface area contributed by atoms with Gasteiger partial charge < -0.3 is 26.8 Å². The number of halogens is 3. The molecule has 0 aliphatic rings. The predicted octanol–water partition coefficient (Wildman–Crippen LogP) is 3.01. The number of nitrogens with two attached hydrogens (primary N) is 1. The molecule has 1 atom stereocenters. The summed E-state index contributed by atoms with van der Waals surface area (Å²) in [4.78, 5) is 35.9. The second kappa shape index (κ2) is 10.9. The van der Waals surface area contributed by atoms with Gasteiger partial charge >= 0.3 is 5.97 Å². The molecule has 0 bridgehead atoms. The smallest absolute Gasteiger partial charge is 0.305 e. The SMILES string of the molecule is N=C(N)Nc1cc(C(=O)NCC(=O)NC(CC(=O)O)c2cc(Cl)cc(Cl)c2)ccc1Cl. The maximum Gasteiger partial charge on any atom is 0.305 e. The number of aliphatic carboxylic acids is 1. The number of amides is 2. The molecular weight excluding hydrogens is 469 g/mol. The fourth-order valence-electron chi connectivity index (χ4n) is 2.62. The Kier molecular flexibility index (Phi) is 8.49. The van der Waals surface area contributed by atoms with Crippen LogP contribution in [0.5, 0.6) is 0 Å². The minimum atomic E-state index is -1.14. The van der Waals surface area contributed by atoms with Crippen LogP contribution in [-0.2, 0) is 9.59 Å². The van der Waals surface area contributed by atoms with Gasteiger partial charge in [-0.05, 0) is 42.0 Å². The monoisotopic (exact) mass is 485 g/mol. The van der Waals surface area contributed by atoms with Crippen LogP contribution in [0.25, 0.3) is 0 Å². The van der Waals surface area contributed by atoms with Crippen molar-refractivity contribution in [2.24, 2.45) is 5.73 Å². The van der Waals surface area contributed by atoms with E-state index >= 15 is 0 Å². The van der Waals surface area contributed by atoms with Crippen LogP contribution in [0.15, 0.2) is 36.4 Å². The number of guanidine groups is 1. The van der Waals surface area contributed by atoms with Crippen molar-refractivity contribution in [3.63, 3.8) is 0 Å². The van der Waals surface area contributed by atoms with E-state index in [1.807, 2.05) is 0 Å². The van der Waals surface area contributed by atoms with Crippen LogP contribution < -0.4 is 21.7 Å². The van der Waals surface area contributed by atoms with Gasteiger partial charge in [0, 0.05) is 15.6 Å². The Morgan fingerprint density at radius 3 is 2.29 bits per heavy atom. The first-order valence-electron chi connectivity index (χ1n) is 8.71. The molecule has 0 fully saturated rings. The van der Waals surface area contributed by atoms with Gasteiger partial charge in [0.05, 0.1) is 29.7 Å². The van der Waals surface area contributed by atoms with Gasteiger partial charge in [0.15, 0.2) is 5.96 Å². The zero-order chi connectivity index (χ0) is 23.1. The highest BCUT2D eigenvalue weighted by atomic mass is 35.5. The number of hydrogen-bond acceptors (Lipinski definition) is 4. The summed E-state index contributed by atoms with van der Waals surface area (Å²) in [6, 6.07) is 7.82. The quantitative estimate of drug-likeness (QED) is 0.249. The topological polar surface area (TPSA) is 157 Å². The summed E-state index contributed by atoms with van der Waals surface area (Å²) in [6.45, 7) is -0.415. The predicted molar refractivity (Wildman–Crippen MR) is 119 cm³/mol. The Morgan fingerprint density at radius 2 is 1.71 bits per heavy atom. The lowest BCUT2D eigenvalue weighted by molar-refractivity contribution is -0.137. The van der Waals surface area contributed by atoms with Crippen LogP contribution in [0.4, 0.5) is 5.69 Å². The second-order valence-electron chi connectivity index (χ2n) is 6.34. The van der Waals surface area contributed by atoms with Gasteiger partial charge in [-0.25, -0.2) is 0 Å². The first-order chi connectivity index (χ1) is 14.5. The minimum Gasteiger partial charge on any atom is -0.481 e. The van der Waals surface area contributed by atoms with Crippen molar-refractivity contribution in [1.82, 2.24) is 10.6 Å². The molecule has 2 amide bonds. The summed E-state index contributed by atoms with van der Waals surface area (Å²) in [5, 5.41) is 24.7. The van der Waals surface area contributed by atoms with Gasteiger partial charge in [0.2, 0.25) is 5.91 Å². The third-order valence-corrected chi connectivity index (χ3v) is 4.67. The number of carboxylic acid groups (broad SMARTS) is 1. The Labute approximate surface area is 192 Å². The third kappa shape index (κ3) is 7.63. The molecule has 0 saturated heterocycles. The fourth-order valence-corrected chi connectivity index (χ4v) is 3.33. The summed E-state index contributed by atoms with van der Waals surface area (Å²) in [5.41, 5.74) is 6.11. The summed E-state index contributed by atoms with van der Waals surface area (Å²) >= 11 is 17.9. The van der Waals surface area contributed by atoms with Crippen molar-refractivity contribution < 1.29 is 19.5 Å². The molecule has 0 radical (unpaired) electrons. The van der Waals surface area contributed by atoms with Crippen LogP contribution in [0.2, 0.25) is 15.1 Å². The number of carbonyl (C=O) groups is 3. The molecule has 2 aromatic rings. The van der Waals surface area contributed by atoms with Gasteiger partial charge in [0.1, 0.15) is 0 Å². The largest absolute Gasteiger partial charge is 0.481 e. The van der Waals surface area contributed by atoms with Crippen LogP contribution in [0, 0.1) is 5.41 Å². The van der Waals surface area contributed by atoms with E-state index in [2.05, 4.69) is 16.0 Å². The van der Waals surface area contributed by atoms with E-state index in [1.165, 1.54) is 36.4 Å². The van der Waals surface area contributed by atoms with E-state index in [0.717, 1.165) is 0 Å². The highest BCUT2D eigenvalue weighted by Gasteiger charge is 2.20. The fraction of sp³-hybridized carbons (Fsp3) is 0.158. The lowest BCUT2D eigenvalue weighted by Gasteiger charge is -2.18. The normalized spacial score (nSPS) is 11.3. The maximum absolute atomic E-state index is 12.3. The molecule has 2 rings (SSSR count). The zero-order valence-corrected chi connectivity index (χ0v) is 18.1. The van der Waals surface area contributed by atoms with Crippen LogP contribution in [0.3, 0.4) is 0 Å². The van der Waals surface area contributed by atoms with Gasteiger partial charge in [0.25, 0.3) is 5.91 Å². The first-order valence-corrected chi connectivity index (χ1v) is 9.84. The van der Waals surface area contributed by atoms with Gasteiger partial charge in [-0.2, -0.15) is 0 Å². The van der Waals surface area contributed by atoms with Crippen LogP contribution in [0.1, 0.15) is 28.4 Å². The summed E-state index contributed by atoms with van der Waals surface area (Å²) < 4.78 is 0. The van der Waals surface area contributed by atoms with Crippen LogP contribution in [-0.4, -0.2) is 35.4 Å². The number of rotatable bonds is 8. The van der Waals surface area contributed by atoms with E-state index in [9.17, 15) is 14.4 Å². The highest BCUT2D eigenvalue weighted by Crippen LogP contribution is 2.25. The van der Waals surface area contributed by atoms with Gasteiger partial charge in [-0.15, -0.1) is 0 Å². The Morgan fingerprint density at radius 1 is 1.06 bits per heavy atom. The molecule has 0 heterocycles. The van der Waals surface area contributed by atoms with Crippen molar-refractivity contribution >= 4 is 64.2 Å². The Balaban J connectivity index is 2.05. The number of anilines is 1. The number of benzene rings is 2. The Hall–Kier alpha value is -3.01. The van der Waals surface area contributed by atoms with Crippen molar-refractivity contribution in [2.75, 3.05) is 11.9 Å². The van der Waals surface area contributed by atoms with Crippen molar-refractivity contribution in [2.45, 2.75) is 12.5 Å². The van der Waals surface area contributed by atoms with E-state index in [4.69, 9.17) is 51.1 Å². The molecule has 0 aromatic heterocycles. The molecule has 12 heteroatoms. The number of carbonyl (C=O) groups excluding carboxylic acids is 2. The van der Waals surface area contributed by atoms with Gasteiger partial charge in [-0.3, -0.25) is 19.8 Å². The van der Waals surface area contributed by atoms with E-state index in [0.29, 0.717) is 5.56 Å². The van der Waals surface area contributed by atoms with Gasteiger partial charge in [-0.1, -0.05) is 34.8 Å². The molecule has 0 saturated carbocycles. The molecule has 31 heavy (non-hydrogen) atoms. The van der Waals surface area contributed by atoms with Crippen molar-refractivity contribution in [3.05, 3.63) is 62.6 Å². The molecule has 0 spiro atoms. The summed E-state index contributed by atoms with van der Waals surface area (Å²) in [6.07, 6.45) is -0.409. The van der Waals surface area contributed by atoms with Crippen molar-refractivity contribution in [1.29, 1.82) is 5.41 Å². The molecule has 9 nitrogen and oxygen atoms in total. The van der Waals surface area contributed by atoms with Crippen LogP contribution >= 0.6 is 34.8 Å². The minimum absolute atomic E-state index is 0.171.